The van der Waals surface area contributed by atoms with E-state index in [2.05, 4.69) is 31.8 Å². The highest BCUT2D eigenvalue weighted by molar-refractivity contribution is 6.30. The standard InChI is InChI=1S/C15H16ClNO/c1-15(2,3)12-6-4-5-7-13(12)18-14-9-8-11(16)10-17-14/h4-10H,1-3H3. The summed E-state index contributed by atoms with van der Waals surface area (Å²) in [5.41, 5.74) is 1.19. The lowest BCUT2D eigenvalue weighted by molar-refractivity contribution is 0.440. The highest BCUT2D eigenvalue weighted by Gasteiger charge is 2.18. The first-order valence-corrected chi connectivity index (χ1v) is 6.23. The second-order valence-corrected chi connectivity index (χ2v) is 5.60. The minimum atomic E-state index is 0.0308. The largest absolute Gasteiger partial charge is 0.439 e. The molecule has 2 nitrogen and oxygen atoms in total. The third-order valence-corrected chi connectivity index (χ3v) is 2.83. The van der Waals surface area contributed by atoms with Crippen LogP contribution in [0.2, 0.25) is 5.02 Å². The molecule has 2 aromatic rings. The predicted molar refractivity (Wildman–Crippen MR) is 74.5 cm³/mol. The van der Waals surface area contributed by atoms with Crippen LogP contribution in [0.4, 0.5) is 0 Å². The third-order valence-electron chi connectivity index (χ3n) is 2.61. The Morgan fingerprint density at radius 1 is 1.06 bits per heavy atom. The Hall–Kier alpha value is -1.54. The van der Waals surface area contributed by atoms with Crippen LogP contribution in [0, 0.1) is 0 Å². The molecule has 0 aliphatic heterocycles. The van der Waals surface area contributed by atoms with Crippen LogP contribution in [0.3, 0.4) is 0 Å². The smallest absolute Gasteiger partial charge is 0.219 e. The monoisotopic (exact) mass is 261 g/mol. The van der Waals surface area contributed by atoms with Crippen molar-refractivity contribution in [1.82, 2.24) is 4.98 Å². The molecule has 1 heterocycles. The molecule has 3 heteroatoms. The zero-order valence-electron chi connectivity index (χ0n) is 10.8. The first-order chi connectivity index (χ1) is 8.47. The average Bonchev–Trinajstić information content (AvgIpc) is 2.31. The maximum Gasteiger partial charge on any atom is 0.219 e. The first-order valence-electron chi connectivity index (χ1n) is 5.86. The normalized spacial score (nSPS) is 11.3. The number of para-hydroxylation sites is 1. The van der Waals surface area contributed by atoms with Gasteiger partial charge in [-0.15, -0.1) is 0 Å². The minimum Gasteiger partial charge on any atom is -0.439 e. The van der Waals surface area contributed by atoms with Gasteiger partial charge in [0.1, 0.15) is 5.75 Å². The summed E-state index contributed by atoms with van der Waals surface area (Å²) in [6.07, 6.45) is 1.58. The van der Waals surface area contributed by atoms with Crippen molar-refractivity contribution in [2.75, 3.05) is 0 Å². The van der Waals surface area contributed by atoms with Crippen molar-refractivity contribution in [3.63, 3.8) is 0 Å². The van der Waals surface area contributed by atoms with E-state index in [0.717, 1.165) is 11.3 Å². The van der Waals surface area contributed by atoms with Crippen LogP contribution in [0.1, 0.15) is 26.3 Å². The molecule has 0 saturated carbocycles. The van der Waals surface area contributed by atoms with Gasteiger partial charge >= 0.3 is 0 Å². The van der Waals surface area contributed by atoms with Crippen LogP contribution in [-0.2, 0) is 5.41 Å². The number of rotatable bonds is 2. The molecule has 0 amide bonds. The van der Waals surface area contributed by atoms with Gasteiger partial charge in [-0.2, -0.15) is 0 Å². The lowest BCUT2D eigenvalue weighted by Crippen LogP contribution is -2.12. The Labute approximate surface area is 113 Å². The summed E-state index contributed by atoms with van der Waals surface area (Å²) in [6, 6.07) is 11.5. The molecule has 0 spiro atoms. The van der Waals surface area contributed by atoms with E-state index in [9.17, 15) is 0 Å². The molecule has 1 aromatic heterocycles. The summed E-state index contributed by atoms with van der Waals surface area (Å²) in [6.45, 7) is 6.47. The molecular formula is C15H16ClNO. The number of pyridine rings is 1. The van der Waals surface area contributed by atoms with Gasteiger partial charge in [0.15, 0.2) is 0 Å². The molecule has 0 fully saturated rings. The van der Waals surface area contributed by atoms with E-state index in [0.29, 0.717) is 10.9 Å². The number of nitrogens with zero attached hydrogens (tertiary/aromatic N) is 1. The van der Waals surface area contributed by atoms with Gasteiger partial charge in [0, 0.05) is 17.8 Å². The number of ether oxygens (including phenoxy) is 1. The quantitative estimate of drug-likeness (QED) is 0.773. The van der Waals surface area contributed by atoms with Crippen LogP contribution >= 0.6 is 11.6 Å². The third kappa shape index (κ3) is 3.02. The molecule has 0 unspecified atom stereocenters. The van der Waals surface area contributed by atoms with Crippen LogP contribution in [0.5, 0.6) is 11.6 Å². The van der Waals surface area contributed by atoms with E-state index in [1.807, 2.05) is 18.2 Å². The fraction of sp³-hybridized carbons (Fsp3) is 0.267. The Morgan fingerprint density at radius 3 is 2.39 bits per heavy atom. The van der Waals surface area contributed by atoms with Crippen molar-refractivity contribution in [2.24, 2.45) is 0 Å². The summed E-state index contributed by atoms with van der Waals surface area (Å²) in [5, 5.41) is 0.603. The highest BCUT2D eigenvalue weighted by atomic mass is 35.5. The van der Waals surface area contributed by atoms with Gasteiger partial charge in [0.25, 0.3) is 0 Å². The molecule has 0 aliphatic rings. The second-order valence-electron chi connectivity index (χ2n) is 5.16. The average molecular weight is 262 g/mol. The molecule has 0 bridgehead atoms. The Bertz CT molecular complexity index is 529. The minimum absolute atomic E-state index is 0.0308. The van der Waals surface area contributed by atoms with E-state index in [1.165, 1.54) is 0 Å². The molecule has 0 aliphatic carbocycles. The van der Waals surface area contributed by atoms with E-state index >= 15 is 0 Å². The zero-order valence-corrected chi connectivity index (χ0v) is 11.5. The number of hydrogen-bond acceptors (Lipinski definition) is 2. The number of aromatic nitrogens is 1. The van der Waals surface area contributed by atoms with Crippen LogP contribution in [-0.4, -0.2) is 4.98 Å². The molecule has 18 heavy (non-hydrogen) atoms. The van der Waals surface area contributed by atoms with E-state index in [1.54, 1.807) is 18.3 Å². The summed E-state index contributed by atoms with van der Waals surface area (Å²) in [7, 11) is 0. The first kappa shape index (κ1) is 12.9. The Balaban J connectivity index is 2.32. The number of halogens is 1. The second kappa shape index (κ2) is 4.99. The maximum absolute atomic E-state index is 5.82. The fourth-order valence-corrected chi connectivity index (χ4v) is 1.82. The zero-order chi connectivity index (χ0) is 13.2. The molecular weight excluding hydrogens is 246 g/mol. The predicted octanol–water partition coefficient (Wildman–Crippen LogP) is 4.82. The maximum atomic E-state index is 5.82. The SMILES string of the molecule is CC(C)(C)c1ccccc1Oc1ccc(Cl)cn1. The molecule has 2 rings (SSSR count). The van der Waals surface area contributed by atoms with E-state index < -0.39 is 0 Å². The summed E-state index contributed by atoms with van der Waals surface area (Å²) in [5.74, 6) is 1.39. The van der Waals surface area contributed by atoms with Crippen molar-refractivity contribution in [3.8, 4) is 11.6 Å². The van der Waals surface area contributed by atoms with Crippen LogP contribution in [0.15, 0.2) is 42.6 Å². The van der Waals surface area contributed by atoms with Gasteiger partial charge < -0.3 is 4.74 Å². The lowest BCUT2D eigenvalue weighted by atomic mass is 9.86. The highest BCUT2D eigenvalue weighted by Crippen LogP contribution is 2.33. The van der Waals surface area contributed by atoms with Crippen molar-refractivity contribution >= 4 is 11.6 Å². The van der Waals surface area contributed by atoms with Gasteiger partial charge in [0.2, 0.25) is 5.88 Å². The van der Waals surface area contributed by atoms with Crippen molar-refractivity contribution in [3.05, 3.63) is 53.2 Å². The van der Waals surface area contributed by atoms with Crippen LogP contribution < -0.4 is 4.74 Å². The molecule has 0 radical (unpaired) electrons. The summed E-state index contributed by atoms with van der Waals surface area (Å²) < 4.78 is 5.82. The van der Waals surface area contributed by atoms with Crippen molar-refractivity contribution in [2.45, 2.75) is 26.2 Å². The van der Waals surface area contributed by atoms with Crippen LogP contribution in [0.25, 0.3) is 0 Å². The van der Waals surface area contributed by atoms with Gasteiger partial charge in [-0.3, -0.25) is 0 Å². The Kier molecular flexibility index (Phi) is 3.58. The van der Waals surface area contributed by atoms with Gasteiger partial charge in [-0.05, 0) is 17.5 Å². The van der Waals surface area contributed by atoms with Gasteiger partial charge in [-0.1, -0.05) is 50.6 Å². The summed E-state index contributed by atoms with van der Waals surface area (Å²) >= 11 is 5.80. The molecule has 1 aromatic carbocycles. The topological polar surface area (TPSA) is 22.1 Å². The van der Waals surface area contributed by atoms with Crippen molar-refractivity contribution < 1.29 is 4.74 Å². The molecule has 94 valence electrons. The molecule has 0 N–H and O–H groups in total. The van der Waals surface area contributed by atoms with Crippen molar-refractivity contribution in [1.29, 1.82) is 0 Å². The fourth-order valence-electron chi connectivity index (χ4n) is 1.71. The lowest BCUT2D eigenvalue weighted by Gasteiger charge is -2.22. The molecule has 0 atom stereocenters. The molecule has 0 saturated heterocycles. The van der Waals surface area contributed by atoms with Gasteiger partial charge in [-0.25, -0.2) is 4.98 Å². The number of hydrogen-bond donors (Lipinski definition) is 0. The van der Waals surface area contributed by atoms with E-state index in [-0.39, 0.29) is 5.41 Å². The van der Waals surface area contributed by atoms with E-state index in [4.69, 9.17) is 16.3 Å². The van der Waals surface area contributed by atoms with Gasteiger partial charge in [0.05, 0.1) is 5.02 Å². The summed E-state index contributed by atoms with van der Waals surface area (Å²) in [4.78, 5) is 4.14. The Morgan fingerprint density at radius 2 is 1.78 bits per heavy atom. The number of benzene rings is 1.